The fourth-order valence-corrected chi connectivity index (χ4v) is 7.12. The Labute approximate surface area is 222 Å². The van der Waals surface area contributed by atoms with Gasteiger partial charge in [0.1, 0.15) is 11.9 Å². The van der Waals surface area contributed by atoms with Crippen LogP contribution < -0.4 is 20.8 Å². The average Bonchev–Trinajstić information content (AvgIpc) is 3.70. The number of pyridine rings is 1. The molecule has 2 aliphatic heterocycles. The Bertz CT molecular complexity index is 1840. The van der Waals surface area contributed by atoms with Gasteiger partial charge < -0.3 is 15.2 Å². The topological polar surface area (TPSA) is 116 Å². The molecule has 2 N–H and O–H groups in total. The predicted octanol–water partition coefficient (Wildman–Crippen LogP) is 5.48. The molecule has 1 aromatic carbocycles. The van der Waals surface area contributed by atoms with Crippen LogP contribution in [0.4, 0.5) is 0 Å². The number of thioether (sulfide) groups is 1. The number of aromatic nitrogens is 3. The van der Waals surface area contributed by atoms with Crippen LogP contribution in [0.3, 0.4) is 0 Å². The van der Waals surface area contributed by atoms with E-state index in [2.05, 4.69) is 6.07 Å². The maximum absolute atomic E-state index is 14.0. The summed E-state index contributed by atoms with van der Waals surface area (Å²) < 4.78 is 12.3. The second kappa shape index (κ2) is 8.48. The van der Waals surface area contributed by atoms with Gasteiger partial charge in [0.2, 0.25) is 6.79 Å². The minimum Gasteiger partial charge on any atom is -0.454 e. The third-order valence-electron chi connectivity index (χ3n) is 6.19. The molecule has 8 nitrogen and oxygen atoms in total. The van der Waals surface area contributed by atoms with Crippen LogP contribution in [-0.4, -0.2) is 21.3 Å². The Balaban J connectivity index is 1.47. The zero-order valence-corrected chi connectivity index (χ0v) is 21.3. The number of nitriles is 1. The van der Waals surface area contributed by atoms with Crippen molar-refractivity contribution in [3.8, 4) is 38.6 Å². The number of nitrogens with two attached hydrogens (primary N) is 1. The molecule has 2 aliphatic rings. The molecular formula is C26H15N5O3S3. The van der Waals surface area contributed by atoms with Crippen LogP contribution in [0.25, 0.3) is 37.9 Å². The first-order valence-corrected chi connectivity index (χ1v) is 13.8. The Morgan fingerprint density at radius 1 is 1.03 bits per heavy atom. The predicted molar refractivity (Wildman–Crippen MR) is 145 cm³/mol. The van der Waals surface area contributed by atoms with Gasteiger partial charge in [-0.3, -0.25) is 4.79 Å². The highest BCUT2D eigenvalue weighted by Crippen LogP contribution is 2.47. The molecule has 0 radical (unpaired) electrons. The molecule has 7 rings (SSSR count). The van der Waals surface area contributed by atoms with Crippen molar-refractivity contribution in [2.45, 2.75) is 10.4 Å². The minimum absolute atomic E-state index is 0.0674. The van der Waals surface area contributed by atoms with E-state index in [1.165, 1.54) is 27.7 Å². The molecule has 1 atom stereocenters. The highest BCUT2D eigenvalue weighted by molar-refractivity contribution is 7.99. The van der Waals surface area contributed by atoms with Gasteiger partial charge in [-0.05, 0) is 46.7 Å². The minimum atomic E-state index is -0.471. The maximum atomic E-state index is 14.0. The summed E-state index contributed by atoms with van der Waals surface area (Å²) in [7, 11) is 0. The van der Waals surface area contributed by atoms with E-state index in [0.29, 0.717) is 27.7 Å². The van der Waals surface area contributed by atoms with Crippen LogP contribution in [0.2, 0.25) is 0 Å². The van der Waals surface area contributed by atoms with Crippen molar-refractivity contribution in [2.75, 3.05) is 6.79 Å². The van der Waals surface area contributed by atoms with Gasteiger partial charge in [0.15, 0.2) is 22.3 Å². The molecule has 0 aliphatic carbocycles. The first-order chi connectivity index (χ1) is 18.1. The molecule has 5 aromatic rings. The third-order valence-corrected chi connectivity index (χ3v) is 9.22. The van der Waals surface area contributed by atoms with Crippen molar-refractivity contribution < 1.29 is 9.47 Å². The van der Waals surface area contributed by atoms with Gasteiger partial charge >= 0.3 is 0 Å². The lowest BCUT2D eigenvalue weighted by molar-refractivity contribution is 0.174. The summed E-state index contributed by atoms with van der Waals surface area (Å²) in [6.07, 6.45) is 0. The molecule has 0 saturated heterocycles. The fraction of sp³-hybridized carbons (Fsp3) is 0.0769. The van der Waals surface area contributed by atoms with Crippen LogP contribution in [-0.2, 0) is 0 Å². The summed E-state index contributed by atoms with van der Waals surface area (Å²) in [6, 6.07) is 17.5. The number of benzene rings is 1. The van der Waals surface area contributed by atoms with E-state index in [4.69, 9.17) is 25.2 Å². The molecule has 0 spiro atoms. The second-order valence-electron chi connectivity index (χ2n) is 8.26. The normalized spacial score (nSPS) is 16.1. The highest BCUT2D eigenvalue weighted by atomic mass is 32.2. The number of hydrogen-bond donors (Lipinski definition) is 1. The lowest BCUT2D eigenvalue weighted by Gasteiger charge is -2.26. The summed E-state index contributed by atoms with van der Waals surface area (Å²) in [4.78, 5) is 25.5. The Morgan fingerprint density at radius 3 is 2.57 bits per heavy atom. The fourth-order valence-electron chi connectivity index (χ4n) is 4.48. The van der Waals surface area contributed by atoms with Gasteiger partial charge in [0.05, 0.1) is 26.8 Å². The lowest BCUT2D eigenvalue weighted by Crippen LogP contribution is -2.31. The number of thiophene rings is 2. The quantitative estimate of drug-likeness (QED) is 0.299. The lowest BCUT2D eigenvalue weighted by atomic mass is 10.0. The molecule has 4 aromatic heterocycles. The standard InChI is InChI=1S/C26H15N5O3S3/c27-11-15-22(13-5-6-17-18(9-13)34-12-33-17)37-26-30-24-21(25(32)31(26)23(15)28)14(19-3-1-7-35-19)10-16(29-24)20-4-2-8-36-20/h1-10,22H,12,28H2. The highest BCUT2D eigenvalue weighted by Gasteiger charge is 2.33. The molecule has 0 amide bonds. The molecule has 1 unspecified atom stereocenters. The SMILES string of the molecule is N#CC1=C(N)n2c(nc3nc(-c4cccs4)cc(-c4cccs4)c3c2=O)SC1c1ccc2c(c1)OCO2. The van der Waals surface area contributed by atoms with E-state index in [0.717, 1.165) is 26.6 Å². The van der Waals surface area contributed by atoms with Crippen molar-refractivity contribution in [1.29, 1.82) is 5.26 Å². The van der Waals surface area contributed by atoms with E-state index in [9.17, 15) is 10.1 Å². The second-order valence-corrected chi connectivity index (χ2v) is 11.2. The van der Waals surface area contributed by atoms with E-state index < -0.39 is 5.25 Å². The summed E-state index contributed by atoms with van der Waals surface area (Å²) in [5.41, 5.74) is 9.06. The van der Waals surface area contributed by atoms with Crippen LogP contribution in [0.5, 0.6) is 11.5 Å². The Kier molecular flexibility index (Phi) is 5.07. The van der Waals surface area contributed by atoms with Gasteiger partial charge in [-0.1, -0.05) is 30.0 Å². The van der Waals surface area contributed by atoms with Crippen LogP contribution >= 0.6 is 34.4 Å². The third kappa shape index (κ3) is 3.45. The first kappa shape index (κ1) is 22.1. The van der Waals surface area contributed by atoms with E-state index in [1.54, 1.807) is 17.4 Å². The van der Waals surface area contributed by atoms with Crippen molar-refractivity contribution in [3.05, 3.63) is 80.8 Å². The van der Waals surface area contributed by atoms with Gasteiger partial charge in [-0.25, -0.2) is 14.5 Å². The smallest absolute Gasteiger partial charge is 0.270 e. The van der Waals surface area contributed by atoms with Gasteiger partial charge in [0, 0.05) is 10.4 Å². The maximum Gasteiger partial charge on any atom is 0.270 e. The zero-order chi connectivity index (χ0) is 25.1. The Hall–Kier alpha value is -4.11. The zero-order valence-electron chi connectivity index (χ0n) is 18.9. The van der Waals surface area contributed by atoms with Crippen molar-refractivity contribution in [2.24, 2.45) is 5.73 Å². The monoisotopic (exact) mass is 541 g/mol. The Morgan fingerprint density at radius 2 is 1.81 bits per heavy atom. The van der Waals surface area contributed by atoms with E-state index in [1.807, 2.05) is 53.2 Å². The van der Waals surface area contributed by atoms with Crippen molar-refractivity contribution in [3.63, 3.8) is 0 Å². The largest absolute Gasteiger partial charge is 0.454 e. The number of hydrogen-bond acceptors (Lipinski definition) is 10. The van der Waals surface area contributed by atoms with Crippen molar-refractivity contribution in [1.82, 2.24) is 14.5 Å². The molecule has 37 heavy (non-hydrogen) atoms. The number of ether oxygens (including phenoxy) is 2. The molecule has 0 fully saturated rings. The van der Waals surface area contributed by atoms with Crippen molar-refractivity contribution >= 4 is 51.3 Å². The molecule has 11 heteroatoms. The molecular weight excluding hydrogens is 527 g/mol. The van der Waals surface area contributed by atoms with Crippen LogP contribution in [0.15, 0.2) is 74.8 Å². The first-order valence-electron chi connectivity index (χ1n) is 11.1. The number of rotatable bonds is 3. The average molecular weight is 542 g/mol. The summed E-state index contributed by atoms with van der Waals surface area (Å²) in [5.74, 6) is 1.32. The number of nitrogens with zero attached hydrogens (tertiary/aromatic N) is 4. The summed E-state index contributed by atoms with van der Waals surface area (Å²) in [6.45, 7) is 0.149. The van der Waals surface area contributed by atoms with Crippen LogP contribution in [0, 0.1) is 11.3 Å². The number of fused-ring (bicyclic) bond motifs is 3. The van der Waals surface area contributed by atoms with E-state index >= 15 is 0 Å². The van der Waals surface area contributed by atoms with Gasteiger partial charge in [-0.15, -0.1) is 22.7 Å². The van der Waals surface area contributed by atoms with E-state index in [-0.39, 0.29) is 23.7 Å². The van der Waals surface area contributed by atoms with Gasteiger partial charge in [0.25, 0.3) is 5.56 Å². The molecule has 0 saturated carbocycles. The molecule has 0 bridgehead atoms. The summed E-state index contributed by atoms with van der Waals surface area (Å²) >= 11 is 4.39. The van der Waals surface area contributed by atoms with Gasteiger partial charge in [-0.2, -0.15) is 5.26 Å². The summed E-state index contributed by atoms with van der Waals surface area (Å²) in [5, 5.41) is 14.3. The molecule has 180 valence electrons. The molecule has 6 heterocycles. The van der Waals surface area contributed by atoms with Crippen LogP contribution in [0.1, 0.15) is 10.8 Å².